The number of aliphatic hydroxyl groups is 3. The van der Waals surface area contributed by atoms with Crippen molar-refractivity contribution >= 4 is 5.97 Å². The maximum atomic E-state index is 11.6. The summed E-state index contributed by atoms with van der Waals surface area (Å²) in [6.07, 6.45) is -7.37. The number of fused-ring (bicyclic) bond motifs is 5. The molecule has 0 aromatic carbocycles. The van der Waals surface area contributed by atoms with Gasteiger partial charge in [0.1, 0.15) is 0 Å². The van der Waals surface area contributed by atoms with E-state index in [0.717, 1.165) is 12.8 Å². The average molecular weight is 414 g/mol. The zero-order chi connectivity index (χ0) is 25.6. The van der Waals surface area contributed by atoms with E-state index in [2.05, 4.69) is 13.8 Å². The second kappa shape index (κ2) is 7.49. The van der Waals surface area contributed by atoms with Crippen molar-refractivity contribution in [3.63, 3.8) is 0 Å². The van der Waals surface area contributed by atoms with Crippen molar-refractivity contribution in [2.24, 2.45) is 46.3 Å². The Kier molecular flexibility index (Phi) is 4.15. The highest BCUT2D eigenvalue weighted by Gasteiger charge is 2.65. The van der Waals surface area contributed by atoms with Gasteiger partial charge in [-0.15, -0.1) is 0 Å². The molecule has 4 aliphatic carbocycles. The Bertz CT molecular complexity index is 837. The molecule has 0 aromatic rings. The van der Waals surface area contributed by atoms with Gasteiger partial charge in [0, 0.05) is 11.9 Å². The van der Waals surface area contributed by atoms with Crippen LogP contribution in [0.5, 0.6) is 0 Å². The fraction of sp³-hybridized carbons (Fsp3) is 0.958. The van der Waals surface area contributed by atoms with E-state index in [1.165, 1.54) is 0 Å². The molecule has 0 aliphatic heterocycles. The Labute approximate surface area is 181 Å². The molecule has 4 N–H and O–H groups in total. The van der Waals surface area contributed by atoms with Crippen LogP contribution in [0.1, 0.15) is 85.3 Å². The predicted octanol–water partition coefficient (Wildman–Crippen LogP) is 3.45. The summed E-state index contributed by atoms with van der Waals surface area (Å²) in [5, 5.41) is 42.6. The molecule has 3 unspecified atom stereocenters. The normalized spacial score (nSPS) is 61.4. The van der Waals surface area contributed by atoms with Gasteiger partial charge in [0.15, 0.2) is 0 Å². The summed E-state index contributed by atoms with van der Waals surface area (Å²) in [5.41, 5.74) is -1.66. The van der Waals surface area contributed by atoms with Gasteiger partial charge in [0.2, 0.25) is 0 Å². The lowest BCUT2D eigenvalue weighted by Gasteiger charge is -2.63. The minimum atomic E-state index is -3.09. The van der Waals surface area contributed by atoms with E-state index >= 15 is 0 Å². The first-order valence-corrected chi connectivity index (χ1v) is 11.3. The zero-order valence-corrected chi connectivity index (χ0v) is 17.8. The minimum Gasteiger partial charge on any atom is -0.481 e. The first-order chi connectivity index (χ1) is 15.5. The van der Waals surface area contributed by atoms with E-state index in [4.69, 9.17) is 12.0 Å². The first kappa shape index (κ1) is 16.0. The van der Waals surface area contributed by atoms with Crippen molar-refractivity contribution in [3.8, 4) is 0 Å². The SMILES string of the molecule is [2H]C1([2H])[C@@H](O)[C@]2(C)C3C[C@H](O)[C@@]4(C)C(CC[C@@H]4[C@H](C)CCC(=O)O)C3CC[C@@H]2C([2H])([2H])[C@]1([2H])O. The standard InChI is InChI=1S/C24H40O5/c1-13(4-9-22(28)29)17-7-8-18-16-6-5-14-10-15(25)11-20(26)23(14,2)19(16)12-21(27)24(17,18)3/h13-21,25-27H,4-12H2,1-3H3,(H,28,29)/t13-,14-,15+,16?,17-,18?,19?,20-,21+,23+,24-/m1/s1/i10D2,11D2,15D. The second-order valence-electron chi connectivity index (χ2n) is 10.6. The smallest absolute Gasteiger partial charge is 0.303 e. The van der Waals surface area contributed by atoms with Gasteiger partial charge in [-0.3, -0.25) is 4.79 Å². The Morgan fingerprint density at radius 1 is 1.07 bits per heavy atom. The lowest BCUT2D eigenvalue weighted by atomic mass is 9.43. The number of hydrogen-bond donors (Lipinski definition) is 4. The van der Waals surface area contributed by atoms with E-state index < -0.39 is 53.8 Å². The van der Waals surface area contributed by atoms with Gasteiger partial charge in [-0.25, -0.2) is 0 Å². The molecule has 4 rings (SSSR count). The van der Waals surface area contributed by atoms with Crippen LogP contribution in [-0.2, 0) is 4.79 Å². The molecule has 4 saturated carbocycles. The summed E-state index contributed by atoms with van der Waals surface area (Å²) in [5.74, 6) is -1.63. The molecule has 0 aromatic heterocycles. The third-order valence-electron chi connectivity index (χ3n) is 9.63. The number of hydrogen-bond acceptors (Lipinski definition) is 4. The summed E-state index contributed by atoms with van der Waals surface area (Å²) in [6, 6.07) is 0. The predicted molar refractivity (Wildman–Crippen MR) is 110 cm³/mol. The zero-order valence-electron chi connectivity index (χ0n) is 22.8. The third-order valence-corrected chi connectivity index (χ3v) is 9.63. The van der Waals surface area contributed by atoms with Crippen molar-refractivity contribution in [2.45, 2.75) is 96.8 Å². The Balaban J connectivity index is 1.70. The average Bonchev–Trinajstić information content (AvgIpc) is 3.10. The van der Waals surface area contributed by atoms with Crippen LogP contribution >= 0.6 is 0 Å². The van der Waals surface area contributed by atoms with E-state index in [1.807, 2.05) is 0 Å². The lowest BCUT2D eigenvalue weighted by molar-refractivity contribution is -0.207. The van der Waals surface area contributed by atoms with Gasteiger partial charge in [-0.2, -0.15) is 0 Å². The number of aliphatic hydroxyl groups excluding tert-OH is 2. The van der Waals surface area contributed by atoms with Crippen LogP contribution < -0.4 is 0 Å². The highest BCUT2D eigenvalue weighted by molar-refractivity contribution is 5.66. The van der Waals surface area contributed by atoms with Crippen LogP contribution in [0.3, 0.4) is 0 Å². The highest BCUT2D eigenvalue weighted by atomic mass is 16.4. The van der Waals surface area contributed by atoms with Crippen LogP contribution in [0.15, 0.2) is 0 Å². The van der Waals surface area contributed by atoms with Gasteiger partial charge in [0.05, 0.1) is 19.7 Å². The Morgan fingerprint density at radius 2 is 1.79 bits per heavy atom. The monoisotopic (exact) mass is 413 g/mol. The van der Waals surface area contributed by atoms with Crippen molar-refractivity contribution in [2.75, 3.05) is 0 Å². The number of rotatable bonds is 4. The van der Waals surface area contributed by atoms with Crippen molar-refractivity contribution in [3.05, 3.63) is 0 Å². The van der Waals surface area contributed by atoms with Gasteiger partial charge < -0.3 is 20.4 Å². The van der Waals surface area contributed by atoms with E-state index in [1.54, 1.807) is 6.92 Å². The quantitative estimate of drug-likeness (QED) is 0.566. The molecule has 0 amide bonds. The van der Waals surface area contributed by atoms with E-state index in [0.29, 0.717) is 25.7 Å². The van der Waals surface area contributed by atoms with Crippen LogP contribution in [0.25, 0.3) is 0 Å². The minimum absolute atomic E-state index is 0.0597. The highest BCUT2D eigenvalue weighted by Crippen LogP contribution is 2.68. The molecule has 0 spiro atoms. The largest absolute Gasteiger partial charge is 0.481 e. The molecule has 0 radical (unpaired) electrons. The van der Waals surface area contributed by atoms with Gasteiger partial charge in [-0.05, 0) is 97.6 Å². The topological polar surface area (TPSA) is 98.0 Å². The van der Waals surface area contributed by atoms with Crippen LogP contribution in [0.4, 0.5) is 0 Å². The lowest BCUT2D eigenvalue weighted by Crippen LogP contribution is -2.62. The summed E-state index contributed by atoms with van der Waals surface area (Å²) in [6.45, 7) is 5.85. The fourth-order valence-corrected chi connectivity index (χ4v) is 7.98. The van der Waals surface area contributed by atoms with E-state index in [-0.39, 0.29) is 36.0 Å². The van der Waals surface area contributed by atoms with Crippen molar-refractivity contribution in [1.29, 1.82) is 0 Å². The number of carboxylic acids is 1. The Morgan fingerprint density at radius 3 is 2.48 bits per heavy atom. The molecular weight excluding hydrogens is 368 g/mol. The number of carbonyl (C=O) groups is 1. The van der Waals surface area contributed by atoms with Gasteiger partial charge in [-0.1, -0.05) is 20.8 Å². The van der Waals surface area contributed by atoms with E-state index in [9.17, 15) is 20.1 Å². The van der Waals surface area contributed by atoms with Gasteiger partial charge >= 0.3 is 5.97 Å². The number of carboxylic acid groups (broad SMARTS) is 1. The van der Waals surface area contributed by atoms with Crippen molar-refractivity contribution in [1.82, 2.24) is 0 Å². The maximum absolute atomic E-state index is 11.6. The third kappa shape index (κ3) is 3.18. The molecule has 0 bridgehead atoms. The first-order valence-electron chi connectivity index (χ1n) is 13.8. The number of aliphatic carboxylic acids is 1. The van der Waals surface area contributed by atoms with Crippen LogP contribution in [-0.4, -0.2) is 44.7 Å². The summed E-state index contributed by atoms with van der Waals surface area (Å²) < 4.78 is 42.2. The molecule has 0 heterocycles. The van der Waals surface area contributed by atoms with Gasteiger partial charge in [0.25, 0.3) is 0 Å². The maximum Gasteiger partial charge on any atom is 0.303 e. The summed E-state index contributed by atoms with van der Waals surface area (Å²) >= 11 is 0. The van der Waals surface area contributed by atoms with Crippen LogP contribution in [0.2, 0.25) is 0 Å². The molecule has 166 valence electrons. The summed E-state index contributed by atoms with van der Waals surface area (Å²) in [4.78, 5) is 11.1. The molecular formula is C24H40O5. The molecule has 29 heavy (non-hydrogen) atoms. The molecule has 0 saturated heterocycles. The second-order valence-corrected chi connectivity index (χ2v) is 10.6. The Hall–Kier alpha value is -0.650. The molecule has 5 nitrogen and oxygen atoms in total. The fourth-order valence-electron chi connectivity index (χ4n) is 7.98. The van der Waals surface area contributed by atoms with Crippen molar-refractivity contribution < 1.29 is 32.1 Å². The van der Waals surface area contributed by atoms with Crippen LogP contribution in [0, 0.1) is 46.3 Å². The molecule has 5 heteroatoms. The molecule has 11 atom stereocenters. The molecule has 4 fully saturated rings. The molecule has 4 aliphatic rings. The summed E-state index contributed by atoms with van der Waals surface area (Å²) in [7, 11) is 0.